The van der Waals surface area contributed by atoms with E-state index in [1.807, 2.05) is 0 Å². The summed E-state index contributed by atoms with van der Waals surface area (Å²) in [7, 11) is -2.12. The first-order chi connectivity index (χ1) is 14.5. The second kappa shape index (κ2) is 8.60. The molecule has 0 aliphatic carbocycles. The number of aromatic nitrogens is 1. The second-order valence-electron chi connectivity index (χ2n) is 7.02. The molecule has 1 aromatic heterocycles. The number of fused-ring (bicyclic) bond motifs is 1. The third-order valence-corrected chi connectivity index (χ3v) is 6.95. The molecule has 31 heavy (non-hydrogen) atoms. The minimum Gasteiger partial charge on any atom is -0.506 e. The number of hydrogen-bond donors (Lipinski definition) is 4. The number of halogens is 1. The van der Waals surface area contributed by atoms with Gasteiger partial charge in [0.05, 0.1) is 33.6 Å². The molecule has 2 aromatic carbocycles. The maximum atomic E-state index is 12.9. The van der Waals surface area contributed by atoms with E-state index >= 15 is 0 Å². The summed E-state index contributed by atoms with van der Waals surface area (Å²) in [4.78, 5) is 16.1. The van der Waals surface area contributed by atoms with Crippen LogP contribution in [-0.2, 0) is 34.9 Å². The lowest BCUT2D eigenvalue weighted by Crippen LogP contribution is -2.22. The van der Waals surface area contributed by atoms with Crippen molar-refractivity contribution >= 4 is 48.6 Å². The highest BCUT2D eigenvalue weighted by atomic mass is 79.9. The van der Waals surface area contributed by atoms with E-state index in [0.717, 1.165) is 0 Å². The number of carbonyl (C=O) groups is 1. The monoisotopic (exact) mass is 508 g/mol. The van der Waals surface area contributed by atoms with E-state index in [-0.39, 0.29) is 46.2 Å². The van der Waals surface area contributed by atoms with E-state index in [1.54, 1.807) is 37.4 Å². The van der Waals surface area contributed by atoms with Gasteiger partial charge in [0.15, 0.2) is 15.8 Å². The summed E-state index contributed by atoms with van der Waals surface area (Å²) >= 11 is 3.24. The van der Waals surface area contributed by atoms with Gasteiger partial charge in [-0.25, -0.2) is 18.2 Å². The zero-order valence-electron chi connectivity index (χ0n) is 16.5. The Morgan fingerprint density at radius 1 is 1.19 bits per heavy atom. The number of nitrogens with two attached hydrogens (primary N) is 2. The van der Waals surface area contributed by atoms with E-state index in [0.29, 0.717) is 15.6 Å². The third-order valence-electron chi connectivity index (χ3n) is 4.86. The van der Waals surface area contributed by atoms with Gasteiger partial charge in [-0.1, -0.05) is 30.3 Å². The molecule has 164 valence electrons. The number of nitrogens with zero attached hydrogens (tertiary/aromatic N) is 2. The van der Waals surface area contributed by atoms with Crippen molar-refractivity contribution in [1.82, 2.24) is 4.57 Å². The highest BCUT2D eigenvalue weighted by molar-refractivity contribution is 9.10. The number of rotatable bonds is 7. The van der Waals surface area contributed by atoms with Gasteiger partial charge in [0.1, 0.15) is 5.75 Å². The van der Waals surface area contributed by atoms with Gasteiger partial charge in [0.25, 0.3) is 0 Å². The second-order valence-corrected chi connectivity index (χ2v) is 9.94. The van der Waals surface area contributed by atoms with Crippen molar-refractivity contribution < 1.29 is 23.4 Å². The van der Waals surface area contributed by atoms with Gasteiger partial charge in [0.2, 0.25) is 0 Å². The number of aryl methyl sites for hydroxylation is 1. The van der Waals surface area contributed by atoms with Gasteiger partial charge in [-0.05, 0) is 27.6 Å². The zero-order chi connectivity index (χ0) is 22.9. The summed E-state index contributed by atoms with van der Waals surface area (Å²) in [5.74, 6) is -2.49. The molecular weight excluding hydrogens is 488 g/mol. The molecule has 3 aromatic rings. The Balaban J connectivity index is 2.21. The first kappa shape index (κ1) is 22.6. The Labute approximate surface area is 187 Å². The third kappa shape index (κ3) is 4.67. The Bertz CT molecular complexity index is 1300. The molecule has 1 heterocycles. The fourth-order valence-electron chi connectivity index (χ4n) is 3.49. The molecule has 0 unspecified atom stereocenters. The summed E-state index contributed by atoms with van der Waals surface area (Å²) in [6.07, 6.45) is 0. The molecule has 0 saturated carbocycles. The molecule has 0 saturated heterocycles. The average Bonchev–Trinajstić information content (AvgIpc) is 2.94. The van der Waals surface area contributed by atoms with E-state index in [2.05, 4.69) is 20.9 Å². The Kier molecular flexibility index (Phi) is 6.27. The molecule has 0 atom stereocenters. The number of aromatic hydroxyl groups is 1. The quantitative estimate of drug-likeness (QED) is 0.281. The molecular formula is C20H21BrN4O5S. The number of aliphatic imine (C=N–C) groups is 1. The molecule has 0 bridgehead atoms. The molecule has 0 aliphatic rings. The summed E-state index contributed by atoms with van der Waals surface area (Å²) in [6.45, 7) is -0.176. The molecule has 9 nitrogen and oxygen atoms in total. The smallest absolute Gasteiger partial charge is 0.338 e. The van der Waals surface area contributed by atoms with E-state index < -0.39 is 21.6 Å². The van der Waals surface area contributed by atoms with Crippen molar-refractivity contribution in [1.29, 1.82) is 0 Å². The zero-order valence-corrected chi connectivity index (χ0v) is 18.9. The minimum absolute atomic E-state index is 0.0990. The van der Waals surface area contributed by atoms with Crippen molar-refractivity contribution in [3.63, 3.8) is 0 Å². The standard InChI is InChI=1S/C20H21BrN4O5S/c1-25-14-7-13(21)18(26)12(8-24-20(22)23)16(14)17(19(27)28)15(25)10-31(29,30)9-11-5-3-2-4-6-11/h2-7,26H,8-10H2,1H3,(H,27,28)(H4,22,23,24). The number of phenolic OH excluding ortho intramolecular Hbond substituents is 1. The van der Waals surface area contributed by atoms with Crippen molar-refractivity contribution in [2.75, 3.05) is 0 Å². The van der Waals surface area contributed by atoms with Gasteiger partial charge >= 0.3 is 5.97 Å². The molecule has 0 fully saturated rings. The van der Waals surface area contributed by atoms with Crippen molar-refractivity contribution in [2.24, 2.45) is 23.5 Å². The van der Waals surface area contributed by atoms with Crippen LogP contribution in [0.2, 0.25) is 0 Å². The minimum atomic E-state index is -3.70. The van der Waals surface area contributed by atoms with Crippen LogP contribution in [0.15, 0.2) is 45.9 Å². The highest BCUT2D eigenvalue weighted by Gasteiger charge is 2.28. The lowest BCUT2D eigenvalue weighted by atomic mass is 10.0. The SMILES string of the molecule is Cn1c(CS(=O)(=O)Cc2ccccc2)c(C(=O)O)c2c(CN=C(N)N)c(O)c(Br)cc21. The van der Waals surface area contributed by atoms with Crippen LogP contribution in [0.25, 0.3) is 10.9 Å². The average molecular weight is 509 g/mol. The van der Waals surface area contributed by atoms with E-state index in [4.69, 9.17) is 11.5 Å². The normalized spacial score (nSPS) is 11.5. The van der Waals surface area contributed by atoms with Crippen molar-refractivity contribution in [3.8, 4) is 5.75 Å². The van der Waals surface area contributed by atoms with Crippen LogP contribution in [0.1, 0.15) is 27.2 Å². The van der Waals surface area contributed by atoms with Crippen LogP contribution in [0.4, 0.5) is 0 Å². The first-order valence-electron chi connectivity index (χ1n) is 9.06. The van der Waals surface area contributed by atoms with Gasteiger partial charge < -0.3 is 26.2 Å². The molecule has 11 heteroatoms. The summed E-state index contributed by atoms with van der Waals surface area (Å²) in [5.41, 5.74) is 11.9. The predicted octanol–water partition coefficient (Wildman–Crippen LogP) is 2.23. The van der Waals surface area contributed by atoms with Gasteiger partial charge in [-0.15, -0.1) is 0 Å². The van der Waals surface area contributed by atoms with Crippen LogP contribution < -0.4 is 11.5 Å². The number of phenols is 1. The molecule has 0 spiro atoms. The summed E-state index contributed by atoms with van der Waals surface area (Å²) in [5, 5.41) is 20.6. The predicted molar refractivity (Wildman–Crippen MR) is 122 cm³/mol. The van der Waals surface area contributed by atoms with Crippen LogP contribution in [-0.4, -0.2) is 35.1 Å². The number of guanidine groups is 1. The number of hydrogen-bond acceptors (Lipinski definition) is 5. The number of carboxylic acid groups (broad SMARTS) is 1. The Morgan fingerprint density at radius 2 is 1.84 bits per heavy atom. The van der Waals surface area contributed by atoms with Crippen LogP contribution in [0.3, 0.4) is 0 Å². The van der Waals surface area contributed by atoms with Crippen molar-refractivity contribution in [3.05, 3.63) is 63.3 Å². The highest BCUT2D eigenvalue weighted by Crippen LogP contribution is 2.39. The molecule has 0 aliphatic heterocycles. The lowest BCUT2D eigenvalue weighted by Gasteiger charge is -2.08. The number of benzene rings is 2. The topological polar surface area (TPSA) is 161 Å². The molecule has 3 rings (SSSR count). The summed E-state index contributed by atoms with van der Waals surface area (Å²) in [6, 6.07) is 10.2. The number of carboxylic acids is 1. The number of sulfone groups is 1. The number of aromatic carboxylic acids is 1. The van der Waals surface area contributed by atoms with Crippen molar-refractivity contribution in [2.45, 2.75) is 18.1 Å². The van der Waals surface area contributed by atoms with Crippen LogP contribution >= 0.6 is 15.9 Å². The largest absolute Gasteiger partial charge is 0.506 e. The van der Waals surface area contributed by atoms with Crippen LogP contribution in [0, 0.1) is 0 Å². The lowest BCUT2D eigenvalue weighted by molar-refractivity contribution is 0.0698. The maximum absolute atomic E-state index is 12.9. The van der Waals surface area contributed by atoms with E-state index in [9.17, 15) is 23.4 Å². The molecule has 6 N–H and O–H groups in total. The van der Waals surface area contributed by atoms with Gasteiger partial charge in [0, 0.05) is 23.7 Å². The Morgan fingerprint density at radius 3 is 2.42 bits per heavy atom. The Hall–Kier alpha value is -3.05. The fraction of sp³-hybridized carbons (Fsp3) is 0.200. The van der Waals surface area contributed by atoms with Gasteiger partial charge in [-0.2, -0.15) is 0 Å². The fourth-order valence-corrected chi connectivity index (χ4v) is 5.50. The summed E-state index contributed by atoms with van der Waals surface area (Å²) < 4.78 is 27.6. The van der Waals surface area contributed by atoms with Gasteiger partial charge in [-0.3, -0.25) is 0 Å². The molecule has 0 amide bonds. The van der Waals surface area contributed by atoms with Crippen LogP contribution in [0.5, 0.6) is 5.75 Å². The first-order valence-corrected chi connectivity index (χ1v) is 11.7. The molecule has 0 radical (unpaired) electrons. The maximum Gasteiger partial charge on any atom is 0.338 e. The van der Waals surface area contributed by atoms with E-state index in [1.165, 1.54) is 10.6 Å².